The molecular formula is C27H34I3O24-5. The zero-order valence-corrected chi connectivity index (χ0v) is 33.8. The predicted molar refractivity (Wildman–Crippen MR) is 165 cm³/mol. The van der Waals surface area contributed by atoms with Crippen molar-refractivity contribution in [3.63, 3.8) is 0 Å². The van der Waals surface area contributed by atoms with Gasteiger partial charge in [-0.2, -0.15) is 0 Å². The third-order valence-corrected chi connectivity index (χ3v) is 16.2. The molecule has 6 unspecified atom stereocenters. The van der Waals surface area contributed by atoms with E-state index in [-0.39, 0.29) is 13.2 Å². The molecule has 0 aromatic rings. The van der Waals surface area contributed by atoms with Crippen LogP contribution in [0.15, 0.2) is 0 Å². The number of alkyl halides is 2. The van der Waals surface area contributed by atoms with Crippen molar-refractivity contribution < 1.29 is 136 Å². The van der Waals surface area contributed by atoms with Gasteiger partial charge in [0.2, 0.25) is 0 Å². The minimum absolute atomic E-state index is 0.0212. The van der Waals surface area contributed by atoms with Crippen LogP contribution in [0.25, 0.3) is 0 Å². The summed E-state index contributed by atoms with van der Waals surface area (Å²) in [5.41, 5.74) is 0. The molecule has 312 valence electrons. The Hall–Kier alpha value is -0.570. The fourth-order valence-electron chi connectivity index (χ4n) is 5.80. The number of aliphatic hydroxyl groups is 8. The number of aliphatic carboxylic acids is 4. The molecule has 3 rings (SSSR count). The molecule has 24 nitrogen and oxygen atoms in total. The molecule has 54 heavy (non-hydrogen) atoms. The van der Waals surface area contributed by atoms with E-state index in [0.717, 1.165) is 14.2 Å². The summed E-state index contributed by atoms with van der Waals surface area (Å²) in [4.78, 5) is 47.9. The molecule has 3 aliphatic rings. The van der Waals surface area contributed by atoms with Gasteiger partial charge in [-0.15, -0.1) is 0 Å². The number of hydrogen-bond acceptors (Lipinski definition) is 24. The zero-order chi connectivity index (χ0) is 41.0. The number of ether oxygens (including phenoxy) is 8. The normalized spacial score (nSPS) is 41.8. The number of rotatable bonds is 18. The molecule has 3 aliphatic heterocycles. The van der Waals surface area contributed by atoms with Gasteiger partial charge in [-0.05, 0) is 22.6 Å². The van der Waals surface area contributed by atoms with Crippen LogP contribution in [0.1, 0.15) is 6.42 Å². The molecule has 0 aromatic carbocycles. The Kier molecular flexibility index (Phi) is 17.6. The van der Waals surface area contributed by atoms with Crippen molar-refractivity contribution in [2.45, 2.75) is 106 Å². The number of halogens is 3. The average Bonchev–Trinajstić information content (AvgIpc) is 3.12. The van der Waals surface area contributed by atoms with Gasteiger partial charge in [0.1, 0.15) is 24.4 Å². The van der Waals surface area contributed by atoms with Crippen molar-refractivity contribution in [2.75, 3.05) is 14.2 Å². The first-order valence-electron chi connectivity index (χ1n) is 15.1. The first-order valence-corrected chi connectivity index (χ1v) is 23.5. The van der Waals surface area contributed by atoms with E-state index in [1.165, 1.54) is 22.6 Å². The van der Waals surface area contributed by atoms with Gasteiger partial charge in [-0.1, -0.05) is 0 Å². The molecule has 0 bridgehead atoms. The molecule has 3 saturated heterocycles. The number of carboxylic acid groups (broad SMARTS) is 4. The molecule has 18 atom stereocenters. The van der Waals surface area contributed by atoms with Crippen LogP contribution in [0.5, 0.6) is 0 Å². The quantitative estimate of drug-likeness (QED) is 0.0359. The number of aliphatic hydroxyl groups excluding tert-OH is 7. The molecule has 0 amide bonds. The van der Waals surface area contributed by atoms with Gasteiger partial charge in [-0.25, -0.2) is 0 Å². The van der Waals surface area contributed by atoms with Crippen LogP contribution in [-0.2, 0) is 57.1 Å². The first kappa shape index (κ1) is 47.8. The SMILES string of the molecule is CO[C@@H]1C(C(=O)[O-])O[C@@H](C[C@@H]([CH]O)[C@@H](O[C@H]([CH]O)O[C@@H]2C(C(=O)[O-])O[C@@H](O[C@H]3C(O)C(O)[C@](I)(OC)O[C@H]3C(=O)[O-])C(O)[C@H]2O)C(=O)[O-])[C@@H](O)C1(O)[I-]I. The van der Waals surface area contributed by atoms with Crippen LogP contribution in [0.3, 0.4) is 0 Å². The summed E-state index contributed by atoms with van der Waals surface area (Å²) in [6, 6.07) is 0. The van der Waals surface area contributed by atoms with Crippen molar-refractivity contribution in [2.24, 2.45) is 5.92 Å². The summed E-state index contributed by atoms with van der Waals surface area (Å²) < 4.78 is 36.8. The van der Waals surface area contributed by atoms with E-state index in [1.807, 2.05) is 0 Å². The van der Waals surface area contributed by atoms with E-state index >= 15 is 0 Å². The van der Waals surface area contributed by atoms with Gasteiger partial charge in [-0.3, -0.25) is 0 Å². The average molecular weight is 1120 g/mol. The first-order chi connectivity index (χ1) is 25.2. The molecule has 0 aliphatic carbocycles. The van der Waals surface area contributed by atoms with Crippen LogP contribution >= 0.6 is 41.2 Å². The summed E-state index contributed by atoms with van der Waals surface area (Å²) in [7, 11) is 2.03. The molecule has 8 N–H and O–H groups in total. The molecule has 0 aromatic heterocycles. The number of carbonyl (C=O) groups is 4. The summed E-state index contributed by atoms with van der Waals surface area (Å²) in [6.45, 7) is 0.176. The Morgan fingerprint density at radius 2 is 1.44 bits per heavy atom. The Balaban J connectivity index is 1.82. The molecular weight excluding hydrogens is 1090 g/mol. The molecule has 3 heterocycles. The second kappa shape index (κ2) is 19.9. The van der Waals surface area contributed by atoms with Gasteiger partial charge >= 0.3 is 220 Å². The molecule has 0 saturated carbocycles. The Bertz CT molecular complexity index is 1320. The van der Waals surface area contributed by atoms with E-state index in [1.54, 1.807) is 18.6 Å². The number of carbonyl (C=O) groups excluding carboxylic acids is 4. The molecule has 2 radical (unpaired) electrons. The van der Waals surface area contributed by atoms with E-state index in [0.29, 0.717) is 0 Å². The van der Waals surface area contributed by atoms with Crippen LogP contribution in [0, 0.1) is 19.1 Å². The van der Waals surface area contributed by atoms with Crippen molar-refractivity contribution >= 4 is 65.1 Å². The Morgan fingerprint density at radius 1 is 0.852 bits per heavy atom. The monoisotopic (exact) mass is 1120 g/mol. The van der Waals surface area contributed by atoms with E-state index in [2.05, 4.69) is 0 Å². The molecule has 3 fully saturated rings. The number of carboxylic acids is 4. The fraction of sp³-hybridized carbons (Fsp3) is 0.778. The van der Waals surface area contributed by atoms with Gasteiger partial charge < -0.3 is 49.3 Å². The van der Waals surface area contributed by atoms with Crippen LogP contribution < -0.4 is 37.7 Å². The van der Waals surface area contributed by atoms with Crippen LogP contribution in [-0.4, -0.2) is 178 Å². The third-order valence-electron chi connectivity index (χ3n) is 8.55. The summed E-state index contributed by atoms with van der Waals surface area (Å²) in [5.74, 6) is -10.1. The molecule has 27 heteroatoms. The van der Waals surface area contributed by atoms with Crippen molar-refractivity contribution in [3.05, 3.63) is 13.2 Å². The van der Waals surface area contributed by atoms with Gasteiger partial charge in [0, 0.05) is 7.11 Å². The number of hydrogen-bond donors (Lipinski definition) is 8. The summed E-state index contributed by atoms with van der Waals surface area (Å²) in [6.07, 6.45) is -33.7. The number of methoxy groups -OCH3 is 2. The predicted octanol–water partition coefficient (Wildman–Crippen LogP) is -12.9. The zero-order valence-electron chi connectivity index (χ0n) is 27.3. The summed E-state index contributed by atoms with van der Waals surface area (Å²) in [5, 5.41) is 133. The van der Waals surface area contributed by atoms with Gasteiger partial charge in [0.25, 0.3) is 3.79 Å². The van der Waals surface area contributed by atoms with Crippen molar-refractivity contribution in [3.8, 4) is 0 Å². The molecule has 0 spiro atoms. The van der Waals surface area contributed by atoms with E-state index in [4.69, 9.17) is 37.9 Å². The van der Waals surface area contributed by atoms with Crippen molar-refractivity contribution in [1.82, 2.24) is 0 Å². The fourth-order valence-corrected chi connectivity index (χ4v) is 11.1. The van der Waals surface area contributed by atoms with Crippen LogP contribution in [0.2, 0.25) is 0 Å². The van der Waals surface area contributed by atoms with Crippen molar-refractivity contribution in [1.29, 1.82) is 0 Å². The Labute approximate surface area is 337 Å². The van der Waals surface area contributed by atoms with E-state index < -0.39 is 153 Å². The van der Waals surface area contributed by atoms with Gasteiger partial charge in [0.15, 0.2) is 6.29 Å². The standard InChI is InChI=1S/C27H38I3O24/c1-47-20-17(24(44)45)49-7(18(36)26(20,46)30-29)3-6(4-31)12(21(38)39)50-8(5-32)51-13-9(33)10(34)25(53-15(13)22(40)41)52-14-11(35)19(37)27(28,48-2)54-16(14)23(42)43/h4-20,25,31-37,46H,3H2,1-2H3,(H,38,39)(H,40,41)(H,42,43)(H,44,45)/q-1/p-4/t6-,7-,8-,9+,10?,11?,12+,13-,14-,15?,16+,17?,18+,19?,20+,25+,26?,27-/m0/s1. The summed E-state index contributed by atoms with van der Waals surface area (Å²) >= 11 is 1.57. The van der Waals surface area contributed by atoms with E-state index in [9.17, 15) is 80.5 Å². The Morgan fingerprint density at radius 3 is 1.91 bits per heavy atom. The third kappa shape index (κ3) is 9.99. The maximum atomic E-state index is 12.2. The second-order valence-electron chi connectivity index (χ2n) is 11.8. The second-order valence-corrected chi connectivity index (χ2v) is 18.1. The van der Waals surface area contributed by atoms with Gasteiger partial charge in [0.05, 0.1) is 5.97 Å². The minimum atomic E-state index is -2.52. The topological polar surface area (TPSA) is 396 Å². The van der Waals surface area contributed by atoms with Crippen LogP contribution in [0.4, 0.5) is 0 Å². The maximum absolute atomic E-state index is 12.2.